The van der Waals surface area contributed by atoms with E-state index in [2.05, 4.69) is 10.4 Å². The van der Waals surface area contributed by atoms with Crippen LogP contribution in [-0.2, 0) is 0 Å². The number of pyridine rings is 1. The minimum Gasteiger partial charge on any atom is -0.439 e. The third-order valence-electron chi connectivity index (χ3n) is 2.21. The van der Waals surface area contributed by atoms with Crippen molar-refractivity contribution in [3.63, 3.8) is 0 Å². The zero-order chi connectivity index (χ0) is 13.8. The standard InChI is InChI=1S/C11H9FN4O3/c12-8-6-7(4-5-9(8)16(17)18)19-11-3-1-2-10(14-11)15-13/h1-6H,13H2,(H,14,15). The van der Waals surface area contributed by atoms with Crippen molar-refractivity contribution in [2.45, 2.75) is 0 Å². The van der Waals surface area contributed by atoms with E-state index in [-0.39, 0.29) is 11.6 Å². The highest BCUT2D eigenvalue weighted by Gasteiger charge is 2.14. The van der Waals surface area contributed by atoms with Crippen LogP contribution in [0.4, 0.5) is 15.9 Å². The Kier molecular flexibility index (Phi) is 3.53. The Morgan fingerprint density at radius 3 is 2.79 bits per heavy atom. The lowest BCUT2D eigenvalue weighted by Crippen LogP contribution is -2.08. The Balaban J connectivity index is 2.23. The summed E-state index contributed by atoms with van der Waals surface area (Å²) in [6.45, 7) is 0. The normalized spacial score (nSPS) is 10.0. The summed E-state index contributed by atoms with van der Waals surface area (Å²) in [6, 6.07) is 8.02. The molecule has 3 N–H and O–H groups in total. The molecule has 1 heterocycles. The van der Waals surface area contributed by atoms with Crippen LogP contribution < -0.4 is 16.0 Å². The fraction of sp³-hybridized carbons (Fsp3) is 0. The van der Waals surface area contributed by atoms with Gasteiger partial charge in [0, 0.05) is 18.2 Å². The molecule has 0 saturated heterocycles. The number of hydrogen-bond acceptors (Lipinski definition) is 6. The monoisotopic (exact) mass is 264 g/mol. The van der Waals surface area contributed by atoms with E-state index in [1.54, 1.807) is 18.2 Å². The highest BCUT2D eigenvalue weighted by atomic mass is 19.1. The van der Waals surface area contributed by atoms with Crippen molar-refractivity contribution in [3.05, 3.63) is 52.3 Å². The number of nitro benzene ring substituents is 1. The van der Waals surface area contributed by atoms with E-state index in [0.29, 0.717) is 5.82 Å². The van der Waals surface area contributed by atoms with Crippen LogP contribution in [-0.4, -0.2) is 9.91 Å². The Morgan fingerprint density at radius 2 is 2.16 bits per heavy atom. The maximum absolute atomic E-state index is 13.4. The van der Waals surface area contributed by atoms with Gasteiger partial charge in [-0.05, 0) is 12.1 Å². The molecule has 2 rings (SSSR count). The number of halogens is 1. The summed E-state index contributed by atoms with van der Waals surface area (Å²) in [6.07, 6.45) is 0. The summed E-state index contributed by atoms with van der Waals surface area (Å²) >= 11 is 0. The molecule has 0 aliphatic rings. The summed E-state index contributed by atoms with van der Waals surface area (Å²) in [5.41, 5.74) is 1.72. The van der Waals surface area contributed by atoms with Crippen LogP contribution in [0.2, 0.25) is 0 Å². The van der Waals surface area contributed by atoms with Gasteiger partial charge in [0.2, 0.25) is 11.7 Å². The van der Waals surface area contributed by atoms with Crippen LogP contribution in [0.15, 0.2) is 36.4 Å². The maximum atomic E-state index is 13.4. The number of anilines is 1. The average molecular weight is 264 g/mol. The van der Waals surface area contributed by atoms with Gasteiger partial charge in [0.15, 0.2) is 0 Å². The number of nitrogens with two attached hydrogens (primary N) is 1. The van der Waals surface area contributed by atoms with Gasteiger partial charge < -0.3 is 10.2 Å². The minimum atomic E-state index is -0.976. The predicted octanol–water partition coefficient (Wildman–Crippen LogP) is 2.21. The Morgan fingerprint density at radius 1 is 1.37 bits per heavy atom. The number of nitro groups is 1. The minimum absolute atomic E-state index is 0.102. The molecule has 0 radical (unpaired) electrons. The summed E-state index contributed by atoms with van der Waals surface area (Å²) in [5.74, 6) is 4.87. The van der Waals surface area contributed by atoms with Crippen LogP contribution in [0.25, 0.3) is 0 Å². The van der Waals surface area contributed by atoms with Crippen molar-refractivity contribution >= 4 is 11.5 Å². The Bertz CT molecular complexity index is 621. The van der Waals surface area contributed by atoms with Gasteiger partial charge in [-0.3, -0.25) is 10.1 Å². The molecule has 0 saturated carbocycles. The van der Waals surface area contributed by atoms with Gasteiger partial charge >= 0.3 is 5.69 Å². The molecule has 2 aromatic rings. The molecule has 0 atom stereocenters. The third kappa shape index (κ3) is 2.93. The van der Waals surface area contributed by atoms with Gasteiger partial charge in [0.05, 0.1) is 4.92 Å². The summed E-state index contributed by atoms with van der Waals surface area (Å²) < 4.78 is 18.6. The number of ether oxygens (including phenoxy) is 1. The van der Waals surface area contributed by atoms with Crippen molar-refractivity contribution in [1.29, 1.82) is 0 Å². The number of hydrogen-bond donors (Lipinski definition) is 2. The van der Waals surface area contributed by atoms with Crippen molar-refractivity contribution in [3.8, 4) is 11.6 Å². The number of nitrogen functional groups attached to an aromatic ring is 1. The highest BCUT2D eigenvalue weighted by molar-refractivity contribution is 5.41. The molecule has 98 valence electrons. The zero-order valence-electron chi connectivity index (χ0n) is 9.54. The third-order valence-corrected chi connectivity index (χ3v) is 2.21. The van der Waals surface area contributed by atoms with Crippen LogP contribution in [0, 0.1) is 15.9 Å². The van der Waals surface area contributed by atoms with Crippen molar-refractivity contribution < 1.29 is 14.1 Å². The number of aromatic nitrogens is 1. The van der Waals surface area contributed by atoms with E-state index in [1.165, 1.54) is 6.07 Å². The predicted molar refractivity (Wildman–Crippen MR) is 65.2 cm³/mol. The smallest absolute Gasteiger partial charge is 0.305 e. The molecule has 0 fully saturated rings. The second-order valence-corrected chi connectivity index (χ2v) is 3.48. The quantitative estimate of drug-likeness (QED) is 0.498. The molecule has 0 spiro atoms. The second kappa shape index (κ2) is 5.27. The lowest BCUT2D eigenvalue weighted by Gasteiger charge is -2.06. The molecule has 19 heavy (non-hydrogen) atoms. The SMILES string of the molecule is NNc1cccc(Oc2ccc([N+](=O)[O-])c(F)c2)n1. The van der Waals surface area contributed by atoms with E-state index in [9.17, 15) is 14.5 Å². The second-order valence-electron chi connectivity index (χ2n) is 3.48. The first-order valence-electron chi connectivity index (χ1n) is 5.15. The van der Waals surface area contributed by atoms with Crippen molar-refractivity contribution in [2.75, 3.05) is 5.43 Å². The van der Waals surface area contributed by atoms with Gasteiger partial charge in [-0.1, -0.05) is 6.07 Å². The molecule has 1 aromatic carbocycles. The van der Waals surface area contributed by atoms with E-state index in [0.717, 1.165) is 12.1 Å². The van der Waals surface area contributed by atoms with Gasteiger partial charge in [0.25, 0.3) is 0 Å². The molecule has 1 aromatic heterocycles. The zero-order valence-corrected chi connectivity index (χ0v) is 9.54. The highest BCUT2D eigenvalue weighted by Crippen LogP contribution is 2.26. The molecule has 7 nitrogen and oxygen atoms in total. The van der Waals surface area contributed by atoms with Crippen LogP contribution >= 0.6 is 0 Å². The van der Waals surface area contributed by atoms with Gasteiger partial charge in [0.1, 0.15) is 11.6 Å². The molecular weight excluding hydrogens is 255 g/mol. The molecule has 0 aliphatic carbocycles. The van der Waals surface area contributed by atoms with E-state index >= 15 is 0 Å². The fourth-order valence-corrected chi connectivity index (χ4v) is 1.37. The van der Waals surface area contributed by atoms with Gasteiger partial charge in [-0.25, -0.2) is 5.84 Å². The van der Waals surface area contributed by atoms with Crippen molar-refractivity contribution in [2.24, 2.45) is 5.84 Å². The fourth-order valence-electron chi connectivity index (χ4n) is 1.37. The number of rotatable bonds is 4. The van der Waals surface area contributed by atoms with Crippen LogP contribution in [0.1, 0.15) is 0 Å². The Hall–Kier alpha value is -2.74. The van der Waals surface area contributed by atoms with Crippen molar-refractivity contribution in [1.82, 2.24) is 4.98 Å². The van der Waals surface area contributed by atoms with Crippen LogP contribution in [0.5, 0.6) is 11.6 Å². The topological polar surface area (TPSA) is 103 Å². The summed E-state index contributed by atoms with van der Waals surface area (Å²) in [4.78, 5) is 13.6. The maximum Gasteiger partial charge on any atom is 0.305 e. The number of benzene rings is 1. The number of nitrogens with one attached hydrogen (secondary N) is 1. The molecule has 0 aliphatic heterocycles. The lowest BCUT2D eigenvalue weighted by atomic mass is 10.3. The molecule has 0 bridgehead atoms. The lowest BCUT2D eigenvalue weighted by molar-refractivity contribution is -0.387. The molecule has 0 amide bonds. The molecule has 8 heteroatoms. The number of nitrogens with zero attached hydrogens (tertiary/aromatic N) is 2. The summed E-state index contributed by atoms with van der Waals surface area (Å²) in [7, 11) is 0. The Labute approximate surface area is 107 Å². The van der Waals surface area contributed by atoms with E-state index < -0.39 is 16.4 Å². The molecule has 0 unspecified atom stereocenters. The first-order valence-corrected chi connectivity index (χ1v) is 5.15. The number of hydrazine groups is 1. The average Bonchev–Trinajstić information content (AvgIpc) is 2.38. The summed E-state index contributed by atoms with van der Waals surface area (Å²) in [5, 5.41) is 10.5. The van der Waals surface area contributed by atoms with E-state index in [4.69, 9.17) is 10.6 Å². The van der Waals surface area contributed by atoms with Gasteiger partial charge in [-0.2, -0.15) is 9.37 Å². The first kappa shape index (κ1) is 12.7. The molecular formula is C11H9FN4O3. The first-order chi connectivity index (χ1) is 9.10. The van der Waals surface area contributed by atoms with Gasteiger partial charge in [-0.15, -0.1) is 0 Å². The van der Waals surface area contributed by atoms with Crippen LogP contribution in [0.3, 0.4) is 0 Å². The largest absolute Gasteiger partial charge is 0.439 e. The van der Waals surface area contributed by atoms with E-state index in [1.807, 2.05) is 0 Å².